The SMILES string of the molecule is CC(C)S(=O)(=O)c1ccccc1Nc1nc(Nc2cccc(NC(=O)[C@H](C)N)c2)nc2cc[nH]c12. The number of hydrogen-bond donors (Lipinski definition) is 5. The summed E-state index contributed by atoms with van der Waals surface area (Å²) in [7, 11) is -3.52. The van der Waals surface area contributed by atoms with Gasteiger partial charge in [0, 0.05) is 17.6 Å². The summed E-state index contributed by atoms with van der Waals surface area (Å²) in [5.41, 5.74) is 8.53. The Morgan fingerprint density at radius 1 is 0.971 bits per heavy atom. The minimum Gasteiger partial charge on any atom is -0.357 e. The fraction of sp³-hybridized carbons (Fsp3) is 0.208. The largest absolute Gasteiger partial charge is 0.357 e. The fourth-order valence-electron chi connectivity index (χ4n) is 3.35. The number of para-hydroxylation sites is 1. The number of rotatable bonds is 8. The lowest BCUT2D eigenvalue weighted by Gasteiger charge is -2.15. The van der Waals surface area contributed by atoms with Gasteiger partial charge >= 0.3 is 0 Å². The monoisotopic (exact) mass is 493 g/mol. The molecule has 2 aromatic carbocycles. The molecule has 0 aliphatic rings. The third kappa shape index (κ3) is 5.26. The third-order valence-corrected chi connectivity index (χ3v) is 7.48. The maximum Gasteiger partial charge on any atom is 0.240 e. The molecular formula is C24H27N7O3S. The highest BCUT2D eigenvalue weighted by Gasteiger charge is 2.23. The standard InChI is InChI=1S/C24H27N7O3S/c1-14(2)35(33,34)20-10-5-4-9-18(20)29-22-21-19(11-12-26-21)30-24(31-22)28-17-8-6-7-16(13-17)27-23(32)15(3)25/h4-15,26H,25H2,1-3H3,(H,27,32)(H2,28,29,30,31)/t15-/m0/s1. The summed E-state index contributed by atoms with van der Waals surface area (Å²) in [6.07, 6.45) is 1.73. The van der Waals surface area contributed by atoms with Gasteiger partial charge < -0.3 is 26.7 Å². The van der Waals surface area contributed by atoms with Crippen molar-refractivity contribution in [2.45, 2.75) is 37.0 Å². The number of carbonyl (C=O) groups excluding carboxylic acids is 1. The van der Waals surface area contributed by atoms with E-state index in [0.29, 0.717) is 39.9 Å². The molecule has 0 fully saturated rings. The second-order valence-electron chi connectivity index (χ2n) is 8.33. The summed E-state index contributed by atoms with van der Waals surface area (Å²) in [5.74, 6) is 0.406. The highest BCUT2D eigenvalue weighted by molar-refractivity contribution is 7.92. The normalized spacial score (nSPS) is 12.5. The van der Waals surface area contributed by atoms with Crippen LogP contribution in [0.4, 0.5) is 28.8 Å². The Bertz CT molecular complexity index is 1480. The van der Waals surface area contributed by atoms with E-state index in [0.717, 1.165) is 0 Å². The molecule has 0 bridgehead atoms. The Morgan fingerprint density at radius 3 is 2.46 bits per heavy atom. The number of hydrogen-bond acceptors (Lipinski definition) is 8. The number of aromatic nitrogens is 3. The van der Waals surface area contributed by atoms with E-state index < -0.39 is 21.1 Å². The van der Waals surface area contributed by atoms with Crippen molar-refractivity contribution in [3.8, 4) is 0 Å². The number of aromatic amines is 1. The molecule has 2 heterocycles. The molecule has 0 saturated heterocycles. The Labute approximate surface area is 203 Å². The zero-order chi connectivity index (χ0) is 25.2. The van der Waals surface area contributed by atoms with Gasteiger partial charge in [0.25, 0.3) is 0 Å². The van der Waals surface area contributed by atoms with Crippen LogP contribution in [0.1, 0.15) is 20.8 Å². The summed E-state index contributed by atoms with van der Waals surface area (Å²) in [6, 6.07) is 15.0. The van der Waals surface area contributed by atoms with Gasteiger partial charge in [0.1, 0.15) is 5.52 Å². The van der Waals surface area contributed by atoms with Crippen molar-refractivity contribution < 1.29 is 13.2 Å². The van der Waals surface area contributed by atoms with Crippen molar-refractivity contribution >= 4 is 55.6 Å². The molecule has 35 heavy (non-hydrogen) atoms. The first-order chi connectivity index (χ1) is 16.6. The van der Waals surface area contributed by atoms with Crippen molar-refractivity contribution in [1.29, 1.82) is 0 Å². The highest BCUT2D eigenvalue weighted by Crippen LogP contribution is 2.30. The predicted molar refractivity (Wildman–Crippen MR) is 138 cm³/mol. The highest BCUT2D eigenvalue weighted by atomic mass is 32.2. The quantitative estimate of drug-likeness (QED) is 0.247. The molecule has 0 aliphatic carbocycles. The summed E-state index contributed by atoms with van der Waals surface area (Å²) in [6.45, 7) is 4.90. The molecule has 1 amide bonds. The van der Waals surface area contributed by atoms with Crippen LogP contribution < -0.4 is 21.7 Å². The zero-order valence-corrected chi connectivity index (χ0v) is 20.3. The second kappa shape index (κ2) is 9.72. The zero-order valence-electron chi connectivity index (χ0n) is 19.5. The number of amides is 1. The van der Waals surface area contributed by atoms with Crippen molar-refractivity contribution in [2.24, 2.45) is 5.73 Å². The van der Waals surface area contributed by atoms with E-state index in [2.05, 4.69) is 30.9 Å². The van der Waals surface area contributed by atoms with E-state index >= 15 is 0 Å². The van der Waals surface area contributed by atoms with Gasteiger partial charge in [-0.1, -0.05) is 18.2 Å². The number of sulfone groups is 1. The van der Waals surface area contributed by atoms with Crippen LogP contribution in [-0.4, -0.2) is 40.6 Å². The summed E-state index contributed by atoms with van der Waals surface area (Å²) < 4.78 is 25.8. The first-order valence-corrected chi connectivity index (χ1v) is 12.6. The van der Waals surface area contributed by atoms with E-state index in [-0.39, 0.29) is 10.8 Å². The van der Waals surface area contributed by atoms with Crippen LogP contribution >= 0.6 is 0 Å². The maximum atomic E-state index is 12.9. The molecule has 4 rings (SSSR count). The smallest absolute Gasteiger partial charge is 0.240 e. The van der Waals surface area contributed by atoms with Crippen molar-refractivity contribution in [3.05, 3.63) is 60.8 Å². The van der Waals surface area contributed by atoms with Gasteiger partial charge in [0.2, 0.25) is 11.9 Å². The van der Waals surface area contributed by atoms with Gasteiger partial charge in [-0.25, -0.2) is 13.4 Å². The molecule has 182 valence electrons. The number of benzene rings is 2. The van der Waals surface area contributed by atoms with Gasteiger partial charge in [-0.2, -0.15) is 4.98 Å². The van der Waals surface area contributed by atoms with Crippen LogP contribution in [0.5, 0.6) is 0 Å². The molecule has 11 heteroatoms. The molecule has 1 atom stereocenters. The Morgan fingerprint density at radius 2 is 1.71 bits per heavy atom. The lowest BCUT2D eigenvalue weighted by Crippen LogP contribution is -2.32. The summed E-state index contributed by atoms with van der Waals surface area (Å²) >= 11 is 0. The average Bonchev–Trinajstić information content (AvgIpc) is 3.28. The molecule has 0 unspecified atom stereocenters. The predicted octanol–water partition coefficient (Wildman–Crippen LogP) is 3.91. The van der Waals surface area contributed by atoms with E-state index in [1.807, 2.05) is 6.07 Å². The average molecular weight is 494 g/mol. The Hall–Kier alpha value is -3.96. The number of nitrogens with zero attached hydrogens (tertiary/aromatic N) is 2. The molecule has 0 spiro atoms. The minimum atomic E-state index is -3.52. The minimum absolute atomic E-state index is 0.195. The van der Waals surface area contributed by atoms with Crippen LogP contribution in [0.25, 0.3) is 11.0 Å². The van der Waals surface area contributed by atoms with Crippen LogP contribution in [0.2, 0.25) is 0 Å². The van der Waals surface area contributed by atoms with Crippen molar-refractivity contribution in [2.75, 3.05) is 16.0 Å². The Kier molecular flexibility index (Phi) is 6.72. The first kappa shape index (κ1) is 24.2. The van der Waals surface area contributed by atoms with Crippen molar-refractivity contribution in [1.82, 2.24) is 15.0 Å². The molecule has 0 radical (unpaired) electrons. The molecule has 0 saturated carbocycles. The van der Waals surface area contributed by atoms with Crippen LogP contribution in [0, 0.1) is 0 Å². The number of nitrogens with two attached hydrogens (primary N) is 1. The number of H-pyrrole nitrogens is 1. The van der Waals surface area contributed by atoms with E-state index in [9.17, 15) is 13.2 Å². The van der Waals surface area contributed by atoms with Gasteiger partial charge in [-0.15, -0.1) is 0 Å². The van der Waals surface area contributed by atoms with Crippen LogP contribution in [0.3, 0.4) is 0 Å². The molecule has 2 aromatic heterocycles. The third-order valence-electron chi connectivity index (χ3n) is 5.27. The fourth-order valence-corrected chi connectivity index (χ4v) is 4.55. The molecule has 4 aromatic rings. The first-order valence-electron chi connectivity index (χ1n) is 11.0. The summed E-state index contributed by atoms with van der Waals surface area (Å²) in [5, 5.41) is 8.48. The number of nitrogens with one attached hydrogen (secondary N) is 4. The van der Waals surface area contributed by atoms with E-state index in [1.165, 1.54) is 0 Å². The van der Waals surface area contributed by atoms with Crippen molar-refractivity contribution in [3.63, 3.8) is 0 Å². The van der Waals surface area contributed by atoms with Crippen LogP contribution in [-0.2, 0) is 14.6 Å². The second-order valence-corrected chi connectivity index (χ2v) is 10.8. The lowest BCUT2D eigenvalue weighted by atomic mass is 10.2. The Balaban J connectivity index is 1.68. The van der Waals surface area contributed by atoms with E-state index in [4.69, 9.17) is 5.73 Å². The topological polar surface area (TPSA) is 155 Å². The number of anilines is 5. The summed E-state index contributed by atoms with van der Waals surface area (Å²) in [4.78, 5) is 24.3. The van der Waals surface area contributed by atoms with Gasteiger partial charge in [-0.05, 0) is 57.2 Å². The van der Waals surface area contributed by atoms with E-state index in [1.54, 1.807) is 75.5 Å². The number of fused-ring (bicyclic) bond motifs is 1. The number of carbonyl (C=O) groups is 1. The van der Waals surface area contributed by atoms with Gasteiger partial charge in [0.05, 0.1) is 27.4 Å². The van der Waals surface area contributed by atoms with Gasteiger partial charge in [-0.3, -0.25) is 4.79 Å². The van der Waals surface area contributed by atoms with Gasteiger partial charge in [0.15, 0.2) is 15.7 Å². The maximum absolute atomic E-state index is 12.9. The molecule has 0 aliphatic heterocycles. The molecular weight excluding hydrogens is 466 g/mol. The molecule has 10 nitrogen and oxygen atoms in total. The molecule has 6 N–H and O–H groups in total. The van der Waals surface area contributed by atoms with Crippen LogP contribution in [0.15, 0.2) is 65.7 Å². The lowest BCUT2D eigenvalue weighted by molar-refractivity contribution is -0.117.